The molecule has 0 spiro atoms. The van der Waals surface area contributed by atoms with E-state index in [4.69, 9.17) is 14.2 Å². The Kier molecular flexibility index (Phi) is 5.29. The summed E-state index contributed by atoms with van der Waals surface area (Å²) in [4.78, 5) is 43.3. The standard InChI is InChI=1S/C21H20N2O6S/c1-11-17-19(22-16-5-4-8-23(16)20(17)25)30-18(11)21(26)29-10-14(24)13-7-6-12(27-2)9-15(13)28-3/h6-7,9H,4-5,8,10H2,1-3H3. The van der Waals surface area contributed by atoms with Crippen LogP contribution in [-0.2, 0) is 17.7 Å². The van der Waals surface area contributed by atoms with Gasteiger partial charge in [-0.05, 0) is 31.0 Å². The van der Waals surface area contributed by atoms with E-state index in [9.17, 15) is 14.4 Å². The van der Waals surface area contributed by atoms with Gasteiger partial charge in [0.15, 0.2) is 6.61 Å². The summed E-state index contributed by atoms with van der Waals surface area (Å²) in [6.45, 7) is 1.90. The fourth-order valence-corrected chi connectivity index (χ4v) is 4.66. The number of aryl methyl sites for hydroxylation is 2. The van der Waals surface area contributed by atoms with E-state index in [0.717, 1.165) is 30.0 Å². The van der Waals surface area contributed by atoms with Crippen molar-refractivity contribution in [3.63, 3.8) is 0 Å². The zero-order valence-corrected chi connectivity index (χ0v) is 17.6. The highest BCUT2D eigenvalue weighted by Gasteiger charge is 2.25. The number of hydrogen-bond acceptors (Lipinski definition) is 8. The maximum Gasteiger partial charge on any atom is 0.349 e. The van der Waals surface area contributed by atoms with Crippen LogP contribution in [0.1, 0.15) is 37.8 Å². The van der Waals surface area contributed by atoms with Gasteiger partial charge >= 0.3 is 5.97 Å². The molecular formula is C21H20N2O6S. The molecule has 1 aromatic carbocycles. The summed E-state index contributed by atoms with van der Waals surface area (Å²) in [6.07, 6.45) is 1.64. The summed E-state index contributed by atoms with van der Waals surface area (Å²) in [6, 6.07) is 4.78. The minimum atomic E-state index is -0.652. The predicted molar refractivity (Wildman–Crippen MR) is 111 cm³/mol. The lowest BCUT2D eigenvalue weighted by molar-refractivity contribution is 0.0478. The summed E-state index contributed by atoms with van der Waals surface area (Å²) in [5.41, 5.74) is 0.698. The number of ketones is 1. The largest absolute Gasteiger partial charge is 0.497 e. The van der Waals surface area contributed by atoms with Gasteiger partial charge < -0.3 is 14.2 Å². The van der Waals surface area contributed by atoms with Gasteiger partial charge in [-0.1, -0.05) is 0 Å². The second-order valence-corrected chi connectivity index (χ2v) is 7.89. The molecule has 0 atom stereocenters. The first-order chi connectivity index (χ1) is 14.4. The topological polar surface area (TPSA) is 96.7 Å². The molecule has 0 N–H and O–H groups in total. The molecule has 30 heavy (non-hydrogen) atoms. The van der Waals surface area contributed by atoms with E-state index in [1.54, 1.807) is 29.7 Å². The van der Waals surface area contributed by atoms with Crippen LogP contribution in [0.4, 0.5) is 0 Å². The molecule has 0 fully saturated rings. The summed E-state index contributed by atoms with van der Waals surface area (Å²) >= 11 is 1.12. The fourth-order valence-electron chi connectivity index (χ4n) is 3.57. The molecule has 3 aromatic rings. The summed E-state index contributed by atoms with van der Waals surface area (Å²) in [5, 5.41) is 0.445. The van der Waals surface area contributed by atoms with E-state index in [0.29, 0.717) is 33.8 Å². The number of rotatable bonds is 6. The number of Topliss-reactive ketones (excluding diaryl/α,β-unsaturated/α-hetero) is 1. The van der Waals surface area contributed by atoms with E-state index in [1.165, 1.54) is 14.2 Å². The molecule has 4 rings (SSSR count). The molecule has 0 radical (unpaired) electrons. The molecule has 9 heteroatoms. The number of carbonyl (C=O) groups excluding carboxylic acids is 2. The van der Waals surface area contributed by atoms with Crippen LogP contribution < -0.4 is 15.0 Å². The van der Waals surface area contributed by atoms with Gasteiger partial charge in [0.2, 0.25) is 5.78 Å². The number of carbonyl (C=O) groups is 2. The van der Waals surface area contributed by atoms with Crippen molar-refractivity contribution in [3.8, 4) is 11.5 Å². The van der Waals surface area contributed by atoms with Gasteiger partial charge in [0.25, 0.3) is 5.56 Å². The Balaban J connectivity index is 1.56. The highest BCUT2D eigenvalue weighted by Crippen LogP contribution is 2.29. The van der Waals surface area contributed by atoms with E-state index in [-0.39, 0.29) is 16.0 Å². The average molecular weight is 428 g/mol. The third-order valence-electron chi connectivity index (χ3n) is 5.14. The second kappa shape index (κ2) is 7.91. The molecule has 2 aromatic heterocycles. The van der Waals surface area contributed by atoms with E-state index in [1.807, 2.05) is 0 Å². The van der Waals surface area contributed by atoms with E-state index >= 15 is 0 Å². The van der Waals surface area contributed by atoms with Crippen molar-refractivity contribution in [2.75, 3.05) is 20.8 Å². The van der Waals surface area contributed by atoms with Gasteiger partial charge in [-0.2, -0.15) is 0 Å². The number of aromatic nitrogens is 2. The van der Waals surface area contributed by atoms with Crippen molar-refractivity contribution >= 4 is 33.3 Å². The lowest BCUT2D eigenvalue weighted by atomic mass is 10.1. The number of fused-ring (bicyclic) bond motifs is 2. The number of hydrogen-bond donors (Lipinski definition) is 0. The van der Waals surface area contributed by atoms with Crippen molar-refractivity contribution in [2.45, 2.75) is 26.3 Å². The SMILES string of the molecule is COc1ccc(C(=O)COC(=O)c2sc3nc4n(c(=O)c3c2C)CCC4)c(OC)c1. The molecule has 0 unspecified atom stereocenters. The molecule has 3 heterocycles. The van der Waals surface area contributed by atoms with Crippen LogP contribution in [0.15, 0.2) is 23.0 Å². The lowest BCUT2D eigenvalue weighted by Gasteiger charge is -2.10. The third-order valence-corrected chi connectivity index (χ3v) is 6.31. The maximum absolute atomic E-state index is 12.8. The van der Waals surface area contributed by atoms with Crippen molar-refractivity contribution in [1.29, 1.82) is 0 Å². The van der Waals surface area contributed by atoms with Crippen LogP contribution in [0, 0.1) is 6.92 Å². The average Bonchev–Trinajstić information content (AvgIpc) is 3.36. The van der Waals surface area contributed by atoms with Crippen LogP contribution in [0.25, 0.3) is 10.2 Å². The van der Waals surface area contributed by atoms with Crippen molar-refractivity contribution in [3.05, 3.63) is 50.4 Å². The Hall–Kier alpha value is -3.20. The Bertz CT molecular complexity index is 1230. The number of nitrogens with zero attached hydrogens (tertiary/aromatic N) is 2. The summed E-state index contributed by atoms with van der Waals surface area (Å²) in [5.74, 6) is 0.572. The van der Waals surface area contributed by atoms with Crippen LogP contribution in [0.5, 0.6) is 11.5 Å². The summed E-state index contributed by atoms with van der Waals surface area (Å²) in [7, 11) is 2.96. The first-order valence-corrected chi connectivity index (χ1v) is 10.2. The molecule has 0 bridgehead atoms. The number of esters is 1. The Labute approximate surface area is 176 Å². The van der Waals surface area contributed by atoms with Gasteiger partial charge in [-0.25, -0.2) is 9.78 Å². The Morgan fingerprint density at radius 3 is 2.77 bits per heavy atom. The van der Waals surface area contributed by atoms with Crippen molar-refractivity contribution < 1.29 is 23.8 Å². The Morgan fingerprint density at radius 2 is 2.03 bits per heavy atom. The van der Waals surface area contributed by atoms with E-state index in [2.05, 4.69) is 4.98 Å². The third kappa shape index (κ3) is 3.35. The maximum atomic E-state index is 12.8. The van der Waals surface area contributed by atoms with Crippen molar-refractivity contribution in [1.82, 2.24) is 9.55 Å². The first-order valence-electron chi connectivity index (χ1n) is 9.39. The number of benzene rings is 1. The second-order valence-electron chi connectivity index (χ2n) is 6.89. The Morgan fingerprint density at radius 1 is 1.23 bits per heavy atom. The van der Waals surface area contributed by atoms with Crippen molar-refractivity contribution in [2.24, 2.45) is 0 Å². The number of ether oxygens (including phenoxy) is 3. The predicted octanol–water partition coefficient (Wildman–Crippen LogP) is 2.77. The van der Waals surface area contributed by atoms with Gasteiger partial charge in [0.05, 0.1) is 25.2 Å². The molecule has 0 saturated carbocycles. The molecule has 0 aliphatic carbocycles. The van der Waals surface area contributed by atoms with Crippen LogP contribution in [-0.4, -0.2) is 42.1 Å². The normalized spacial score (nSPS) is 12.6. The highest BCUT2D eigenvalue weighted by atomic mass is 32.1. The minimum Gasteiger partial charge on any atom is -0.497 e. The number of thiophene rings is 1. The molecule has 156 valence electrons. The molecule has 1 aliphatic heterocycles. The number of methoxy groups -OCH3 is 2. The van der Waals surface area contributed by atoms with E-state index < -0.39 is 18.4 Å². The lowest BCUT2D eigenvalue weighted by Crippen LogP contribution is -2.20. The molecule has 0 saturated heterocycles. The van der Waals surface area contributed by atoms with Crippen LogP contribution in [0.3, 0.4) is 0 Å². The summed E-state index contributed by atoms with van der Waals surface area (Å²) < 4.78 is 17.3. The van der Waals surface area contributed by atoms with Crippen LogP contribution in [0.2, 0.25) is 0 Å². The van der Waals surface area contributed by atoms with Gasteiger partial charge in [-0.15, -0.1) is 11.3 Å². The molecular weight excluding hydrogens is 408 g/mol. The quantitative estimate of drug-likeness (QED) is 0.440. The smallest absolute Gasteiger partial charge is 0.349 e. The highest BCUT2D eigenvalue weighted by molar-refractivity contribution is 7.20. The van der Waals surface area contributed by atoms with Gasteiger partial charge in [0, 0.05) is 19.0 Å². The van der Waals surface area contributed by atoms with Gasteiger partial charge in [-0.3, -0.25) is 14.2 Å². The van der Waals surface area contributed by atoms with Gasteiger partial charge in [0.1, 0.15) is 27.0 Å². The molecule has 1 aliphatic rings. The zero-order chi connectivity index (χ0) is 21.4. The fraction of sp³-hybridized carbons (Fsp3) is 0.333. The molecule has 0 amide bonds. The first kappa shape index (κ1) is 20.1. The minimum absolute atomic E-state index is 0.126. The zero-order valence-electron chi connectivity index (χ0n) is 16.8. The molecule has 8 nitrogen and oxygen atoms in total. The van der Waals surface area contributed by atoms with Crippen LogP contribution >= 0.6 is 11.3 Å². The monoisotopic (exact) mass is 428 g/mol.